The summed E-state index contributed by atoms with van der Waals surface area (Å²) in [7, 11) is 0. The zero-order valence-electron chi connectivity index (χ0n) is 10.6. The molecular weight excluding hydrogens is 285 g/mol. The third kappa shape index (κ3) is 3.29. The van der Waals surface area contributed by atoms with Crippen LogP contribution in [0.1, 0.15) is 35.5 Å². The van der Waals surface area contributed by atoms with Crippen LogP contribution in [0.3, 0.4) is 0 Å². The quantitative estimate of drug-likeness (QED) is 0.919. The Morgan fingerprint density at radius 1 is 1.47 bits per heavy atom. The maximum Gasteiger partial charge on any atom is 0.127 e. The minimum atomic E-state index is -0.323. The van der Waals surface area contributed by atoms with E-state index in [1.54, 1.807) is 12.1 Å². The van der Waals surface area contributed by atoms with Gasteiger partial charge in [-0.1, -0.05) is 35.5 Å². The predicted molar refractivity (Wildman–Crippen MR) is 75.9 cm³/mol. The molecule has 0 fully saturated rings. The first kappa shape index (κ1) is 14.4. The summed E-state index contributed by atoms with van der Waals surface area (Å²) in [5.74, 6) is -0.322. The van der Waals surface area contributed by atoms with Crippen molar-refractivity contribution in [2.24, 2.45) is 5.73 Å². The number of nitrogens with two attached hydrogens (primary N) is 1. The Kier molecular flexibility index (Phi) is 4.85. The molecule has 102 valence electrons. The van der Waals surface area contributed by atoms with Gasteiger partial charge in [-0.15, -0.1) is 5.10 Å². The fraction of sp³-hybridized carbons (Fsp3) is 0.385. The number of benzene rings is 1. The summed E-state index contributed by atoms with van der Waals surface area (Å²) < 4.78 is 17.7. The summed E-state index contributed by atoms with van der Waals surface area (Å²) in [6, 6.07) is 4.33. The molecule has 0 saturated carbocycles. The van der Waals surface area contributed by atoms with Crippen LogP contribution in [-0.2, 0) is 12.8 Å². The minimum absolute atomic E-state index is 0.322. The maximum atomic E-state index is 13.7. The summed E-state index contributed by atoms with van der Waals surface area (Å²) in [6.45, 7) is 2.07. The van der Waals surface area contributed by atoms with Gasteiger partial charge < -0.3 is 5.73 Å². The third-order valence-electron chi connectivity index (χ3n) is 2.89. The van der Waals surface area contributed by atoms with Crippen LogP contribution in [0.25, 0.3) is 0 Å². The number of halogens is 2. The van der Waals surface area contributed by atoms with Crippen LogP contribution in [0.2, 0.25) is 5.02 Å². The zero-order valence-corrected chi connectivity index (χ0v) is 12.1. The van der Waals surface area contributed by atoms with Crippen molar-refractivity contribution < 1.29 is 4.39 Å². The molecule has 1 heterocycles. The number of nitrogens with zero attached hydrogens (tertiary/aromatic N) is 2. The molecule has 1 aromatic heterocycles. The number of aryl methyl sites for hydroxylation is 1. The molecule has 0 aliphatic rings. The topological polar surface area (TPSA) is 51.8 Å². The Bertz CT molecular complexity index is 538. The Hall–Kier alpha value is -1.04. The molecule has 19 heavy (non-hydrogen) atoms. The highest BCUT2D eigenvalue weighted by Crippen LogP contribution is 2.27. The molecule has 0 saturated heterocycles. The van der Waals surface area contributed by atoms with E-state index in [1.807, 2.05) is 0 Å². The van der Waals surface area contributed by atoms with Crippen molar-refractivity contribution in [3.05, 3.63) is 45.2 Å². The Balaban J connectivity index is 2.21. The lowest BCUT2D eigenvalue weighted by molar-refractivity contribution is 0.593. The Morgan fingerprint density at radius 3 is 2.95 bits per heavy atom. The van der Waals surface area contributed by atoms with E-state index in [0.29, 0.717) is 17.0 Å². The highest BCUT2D eigenvalue weighted by Gasteiger charge is 2.18. The minimum Gasteiger partial charge on any atom is -0.323 e. The van der Waals surface area contributed by atoms with Gasteiger partial charge in [-0.25, -0.2) is 4.39 Å². The van der Waals surface area contributed by atoms with E-state index < -0.39 is 0 Å². The van der Waals surface area contributed by atoms with Gasteiger partial charge in [0.25, 0.3) is 0 Å². The van der Waals surface area contributed by atoms with E-state index in [0.717, 1.165) is 23.4 Å². The average molecular weight is 300 g/mol. The second-order valence-electron chi connectivity index (χ2n) is 4.34. The van der Waals surface area contributed by atoms with Crippen LogP contribution in [0.15, 0.2) is 18.2 Å². The van der Waals surface area contributed by atoms with Crippen molar-refractivity contribution in [3.8, 4) is 0 Å². The van der Waals surface area contributed by atoms with Gasteiger partial charge in [0.2, 0.25) is 0 Å². The van der Waals surface area contributed by atoms with Gasteiger partial charge in [-0.2, -0.15) is 0 Å². The van der Waals surface area contributed by atoms with Crippen molar-refractivity contribution in [3.63, 3.8) is 0 Å². The standard InChI is InChI=1S/C13H15ClFN3S/c1-2-4-12-13(19-18-17-12)11(16)7-8-9(14)5-3-6-10(8)15/h3,5-6,11H,2,4,7,16H2,1H3. The van der Waals surface area contributed by atoms with Crippen molar-refractivity contribution in [1.29, 1.82) is 0 Å². The number of hydrogen-bond acceptors (Lipinski definition) is 4. The van der Waals surface area contributed by atoms with Crippen molar-refractivity contribution in [2.45, 2.75) is 32.2 Å². The Labute approximate surface area is 120 Å². The summed E-state index contributed by atoms with van der Waals surface area (Å²) in [5, 5.41) is 4.48. The molecule has 0 amide bonds. The second kappa shape index (κ2) is 6.41. The fourth-order valence-electron chi connectivity index (χ4n) is 1.95. The van der Waals surface area contributed by atoms with E-state index in [1.165, 1.54) is 17.6 Å². The highest BCUT2D eigenvalue weighted by molar-refractivity contribution is 7.05. The van der Waals surface area contributed by atoms with Crippen LogP contribution in [0, 0.1) is 5.82 Å². The van der Waals surface area contributed by atoms with Crippen LogP contribution in [0.4, 0.5) is 4.39 Å². The van der Waals surface area contributed by atoms with Gasteiger partial charge in [0.15, 0.2) is 0 Å². The third-order valence-corrected chi connectivity index (χ3v) is 4.15. The molecule has 2 rings (SSSR count). The van der Waals surface area contributed by atoms with Crippen LogP contribution < -0.4 is 5.73 Å². The van der Waals surface area contributed by atoms with E-state index in [9.17, 15) is 4.39 Å². The molecule has 0 radical (unpaired) electrons. The van der Waals surface area contributed by atoms with Gasteiger partial charge in [0, 0.05) is 16.6 Å². The first-order valence-corrected chi connectivity index (χ1v) is 7.28. The summed E-state index contributed by atoms with van der Waals surface area (Å²) >= 11 is 7.29. The number of hydrogen-bond donors (Lipinski definition) is 1. The molecule has 2 N–H and O–H groups in total. The number of aromatic nitrogens is 2. The molecule has 0 bridgehead atoms. The largest absolute Gasteiger partial charge is 0.323 e. The lowest BCUT2D eigenvalue weighted by Gasteiger charge is -2.12. The van der Waals surface area contributed by atoms with Crippen molar-refractivity contribution in [2.75, 3.05) is 0 Å². The maximum absolute atomic E-state index is 13.7. The van der Waals surface area contributed by atoms with E-state index in [2.05, 4.69) is 16.5 Å². The fourth-order valence-corrected chi connectivity index (χ4v) is 2.88. The molecule has 6 heteroatoms. The molecule has 1 unspecified atom stereocenters. The lowest BCUT2D eigenvalue weighted by Crippen LogP contribution is -2.15. The molecule has 0 aliphatic carbocycles. The highest BCUT2D eigenvalue weighted by atomic mass is 35.5. The summed E-state index contributed by atoms with van der Waals surface area (Å²) in [6.07, 6.45) is 2.17. The van der Waals surface area contributed by atoms with Crippen LogP contribution in [-0.4, -0.2) is 9.59 Å². The second-order valence-corrected chi connectivity index (χ2v) is 5.54. The van der Waals surface area contributed by atoms with Gasteiger partial charge in [-0.05, 0) is 36.5 Å². The average Bonchev–Trinajstić information content (AvgIpc) is 2.83. The molecule has 0 spiro atoms. The predicted octanol–water partition coefficient (Wildman–Crippen LogP) is 3.53. The molecule has 3 nitrogen and oxygen atoms in total. The molecule has 2 aromatic rings. The van der Waals surface area contributed by atoms with E-state index in [4.69, 9.17) is 17.3 Å². The molecule has 0 aliphatic heterocycles. The van der Waals surface area contributed by atoms with Crippen LogP contribution in [0.5, 0.6) is 0 Å². The van der Waals surface area contributed by atoms with E-state index in [-0.39, 0.29) is 11.9 Å². The normalized spacial score (nSPS) is 12.6. The zero-order chi connectivity index (χ0) is 13.8. The van der Waals surface area contributed by atoms with Gasteiger partial charge in [-0.3, -0.25) is 0 Å². The smallest absolute Gasteiger partial charge is 0.127 e. The van der Waals surface area contributed by atoms with Crippen molar-refractivity contribution >= 4 is 23.1 Å². The van der Waals surface area contributed by atoms with Gasteiger partial charge in [0.05, 0.1) is 10.6 Å². The summed E-state index contributed by atoms with van der Waals surface area (Å²) in [5.41, 5.74) is 7.51. The first-order valence-electron chi connectivity index (χ1n) is 6.13. The lowest BCUT2D eigenvalue weighted by atomic mass is 10.0. The molecule has 1 aromatic carbocycles. The summed E-state index contributed by atoms with van der Waals surface area (Å²) in [4.78, 5) is 0.918. The SMILES string of the molecule is CCCc1nnsc1C(N)Cc1c(F)cccc1Cl. The Morgan fingerprint density at radius 2 is 2.26 bits per heavy atom. The molecule has 1 atom stereocenters. The van der Waals surface area contributed by atoms with Crippen LogP contribution >= 0.6 is 23.1 Å². The van der Waals surface area contributed by atoms with E-state index >= 15 is 0 Å². The molecular formula is C13H15ClFN3S. The van der Waals surface area contributed by atoms with Gasteiger partial charge in [0.1, 0.15) is 5.82 Å². The first-order chi connectivity index (χ1) is 9.13. The van der Waals surface area contributed by atoms with Gasteiger partial charge >= 0.3 is 0 Å². The number of rotatable bonds is 5. The monoisotopic (exact) mass is 299 g/mol. The van der Waals surface area contributed by atoms with Crippen molar-refractivity contribution in [1.82, 2.24) is 9.59 Å².